The monoisotopic (exact) mass is 677 g/mol. The standard InChI is InChI=1S/C21H8N5.C11H8N.Ir/c1-24-20-17(11-15(12-22)18(13-23)21(20)25-2)19-16(9-6-10-26-19)14-7-4-3-5-8-14;1-2-6-10(7-3-1)11-8-4-5-9-12-11;/h3-10H;1-6,8-9H;/q2*-1;. The van der Waals surface area contributed by atoms with E-state index in [0.29, 0.717) is 5.69 Å². The molecule has 7 heteroatoms. The smallest absolute Gasteiger partial charge is 0.263 e. The van der Waals surface area contributed by atoms with Crippen molar-refractivity contribution in [1.29, 1.82) is 10.5 Å². The molecule has 0 aliphatic heterocycles. The summed E-state index contributed by atoms with van der Waals surface area (Å²) in [6.45, 7) is 14.9. The van der Waals surface area contributed by atoms with Crippen LogP contribution in [0.5, 0.6) is 0 Å². The fraction of sp³-hybridized carbons (Fsp3) is 0. The zero-order chi connectivity index (χ0) is 26.7. The van der Waals surface area contributed by atoms with Crippen molar-refractivity contribution in [2.45, 2.75) is 0 Å². The molecule has 0 bridgehead atoms. The van der Waals surface area contributed by atoms with Gasteiger partial charge in [-0.3, -0.25) is 4.98 Å². The van der Waals surface area contributed by atoms with E-state index in [4.69, 9.17) is 13.1 Å². The van der Waals surface area contributed by atoms with Gasteiger partial charge in [0, 0.05) is 49.8 Å². The second kappa shape index (κ2) is 13.8. The molecular formula is C32H16IrN6-2. The SMILES string of the molecule is [C-]#[N+]c1c(-c2ncccc2-c2ccccc2)[c-]c(C#N)c(C#N)c1[N+]#[C-].[Ir].[c-]1ccccc1-c1ccccn1. The maximum Gasteiger partial charge on any atom is 0.263 e. The Morgan fingerprint density at radius 1 is 0.744 bits per heavy atom. The number of hydrogen-bond acceptors (Lipinski definition) is 4. The number of hydrogen-bond donors (Lipinski definition) is 0. The maximum absolute atomic E-state index is 9.36. The summed E-state index contributed by atoms with van der Waals surface area (Å²) in [5.41, 5.74) is 3.97. The summed E-state index contributed by atoms with van der Waals surface area (Å²) in [4.78, 5) is 15.4. The van der Waals surface area contributed by atoms with Gasteiger partial charge in [-0.05, 0) is 46.1 Å². The van der Waals surface area contributed by atoms with Crippen molar-refractivity contribution in [3.05, 3.63) is 143 Å². The molecule has 5 aromatic rings. The summed E-state index contributed by atoms with van der Waals surface area (Å²) in [6.07, 6.45) is 3.36. The van der Waals surface area contributed by atoms with Gasteiger partial charge in [-0.2, -0.15) is 4.85 Å². The summed E-state index contributed by atoms with van der Waals surface area (Å²) in [6, 6.07) is 36.5. The van der Waals surface area contributed by atoms with Crippen molar-refractivity contribution in [2.24, 2.45) is 0 Å². The average molecular weight is 677 g/mol. The molecule has 0 amide bonds. The zero-order valence-corrected chi connectivity index (χ0v) is 22.6. The molecule has 2 heterocycles. The van der Waals surface area contributed by atoms with Crippen LogP contribution in [-0.2, 0) is 20.1 Å². The second-order valence-corrected chi connectivity index (χ2v) is 7.65. The van der Waals surface area contributed by atoms with E-state index in [1.807, 2.05) is 91.0 Å². The summed E-state index contributed by atoms with van der Waals surface area (Å²) >= 11 is 0. The quantitative estimate of drug-likeness (QED) is 0.184. The van der Waals surface area contributed by atoms with Crippen molar-refractivity contribution in [2.75, 3.05) is 0 Å². The Morgan fingerprint density at radius 3 is 2.08 bits per heavy atom. The largest absolute Gasteiger partial charge is 0.305 e. The second-order valence-electron chi connectivity index (χ2n) is 7.65. The molecule has 5 rings (SSSR count). The first-order chi connectivity index (χ1) is 18.7. The van der Waals surface area contributed by atoms with Crippen molar-refractivity contribution >= 4 is 11.4 Å². The van der Waals surface area contributed by atoms with Crippen LogP contribution in [0.25, 0.3) is 43.3 Å². The Labute approximate surface area is 240 Å². The van der Waals surface area contributed by atoms with Gasteiger partial charge in [0.2, 0.25) is 5.69 Å². The molecule has 0 spiro atoms. The third-order valence-electron chi connectivity index (χ3n) is 5.42. The minimum Gasteiger partial charge on any atom is -0.305 e. The van der Waals surface area contributed by atoms with Crippen LogP contribution >= 0.6 is 0 Å². The molecular weight excluding hydrogens is 661 g/mol. The Morgan fingerprint density at radius 2 is 1.46 bits per heavy atom. The molecule has 0 aliphatic carbocycles. The third kappa shape index (κ3) is 6.29. The number of nitrogens with zero attached hydrogens (tertiary/aromatic N) is 6. The van der Waals surface area contributed by atoms with E-state index >= 15 is 0 Å². The van der Waals surface area contributed by atoms with Gasteiger partial charge in [0.05, 0.1) is 6.57 Å². The molecule has 0 aliphatic rings. The van der Waals surface area contributed by atoms with E-state index in [9.17, 15) is 10.5 Å². The Bertz CT molecular complexity index is 1700. The molecule has 0 atom stereocenters. The van der Waals surface area contributed by atoms with E-state index < -0.39 is 0 Å². The normalized spacial score (nSPS) is 9.23. The van der Waals surface area contributed by atoms with Gasteiger partial charge in [0.1, 0.15) is 6.57 Å². The van der Waals surface area contributed by atoms with Crippen LogP contribution in [0.2, 0.25) is 0 Å². The van der Waals surface area contributed by atoms with Crippen LogP contribution in [0.3, 0.4) is 0 Å². The number of pyridine rings is 2. The third-order valence-corrected chi connectivity index (χ3v) is 5.42. The van der Waals surface area contributed by atoms with E-state index in [-0.39, 0.29) is 48.2 Å². The Kier molecular flexibility index (Phi) is 9.93. The predicted molar refractivity (Wildman–Crippen MR) is 144 cm³/mol. The van der Waals surface area contributed by atoms with Gasteiger partial charge >= 0.3 is 0 Å². The molecule has 2 aromatic heterocycles. The van der Waals surface area contributed by atoms with Gasteiger partial charge < -0.3 is 4.98 Å². The van der Waals surface area contributed by atoms with E-state index in [2.05, 4.69) is 31.8 Å². The summed E-state index contributed by atoms with van der Waals surface area (Å²) in [5.74, 6) is 0. The summed E-state index contributed by atoms with van der Waals surface area (Å²) in [5, 5.41) is 18.7. The molecule has 0 saturated carbocycles. The van der Waals surface area contributed by atoms with Crippen molar-refractivity contribution < 1.29 is 20.1 Å². The molecule has 1 radical (unpaired) electrons. The number of aromatic nitrogens is 2. The van der Waals surface area contributed by atoms with Gasteiger partial charge in [-0.15, -0.1) is 35.9 Å². The van der Waals surface area contributed by atoms with E-state index in [1.54, 1.807) is 18.5 Å². The van der Waals surface area contributed by atoms with Crippen LogP contribution in [0, 0.1) is 47.9 Å². The maximum atomic E-state index is 9.36. The topological polar surface area (TPSA) is 82.1 Å². The van der Waals surface area contributed by atoms with Crippen LogP contribution in [0.1, 0.15) is 11.1 Å². The number of rotatable bonds is 3. The molecule has 3 aromatic carbocycles. The zero-order valence-electron chi connectivity index (χ0n) is 20.3. The minimum atomic E-state index is -0.141. The molecule has 39 heavy (non-hydrogen) atoms. The summed E-state index contributed by atoms with van der Waals surface area (Å²) < 4.78 is 0. The van der Waals surface area contributed by atoms with Crippen molar-refractivity contribution in [3.8, 4) is 45.8 Å². The van der Waals surface area contributed by atoms with Crippen LogP contribution < -0.4 is 0 Å². The van der Waals surface area contributed by atoms with Crippen molar-refractivity contribution in [3.63, 3.8) is 0 Å². The van der Waals surface area contributed by atoms with Gasteiger partial charge in [0.25, 0.3) is 5.69 Å². The first-order valence-corrected chi connectivity index (χ1v) is 11.3. The van der Waals surface area contributed by atoms with Crippen LogP contribution in [-0.4, -0.2) is 9.97 Å². The summed E-state index contributed by atoms with van der Waals surface area (Å²) in [7, 11) is 0. The molecule has 0 saturated heterocycles. The van der Waals surface area contributed by atoms with E-state index in [0.717, 1.165) is 22.4 Å². The van der Waals surface area contributed by atoms with Gasteiger partial charge in [-0.1, -0.05) is 54.6 Å². The first kappa shape index (κ1) is 28.1. The molecule has 0 N–H and O–H groups in total. The van der Waals surface area contributed by atoms with Crippen LogP contribution in [0.4, 0.5) is 11.4 Å². The predicted octanol–water partition coefficient (Wildman–Crippen LogP) is 7.61. The minimum absolute atomic E-state index is 0. The molecule has 6 nitrogen and oxygen atoms in total. The molecule has 0 fully saturated rings. The number of nitriles is 2. The Hall–Kier alpha value is -5.43. The van der Waals surface area contributed by atoms with Crippen molar-refractivity contribution in [1.82, 2.24) is 9.97 Å². The van der Waals surface area contributed by atoms with Gasteiger partial charge in [-0.25, -0.2) is 15.4 Å². The fourth-order valence-corrected chi connectivity index (χ4v) is 3.71. The fourth-order valence-electron chi connectivity index (χ4n) is 3.71. The van der Waals surface area contributed by atoms with Gasteiger partial charge in [0.15, 0.2) is 0 Å². The average Bonchev–Trinajstić information content (AvgIpc) is 3.01. The molecule has 0 unspecified atom stereocenters. The van der Waals surface area contributed by atoms with Crippen LogP contribution in [0.15, 0.2) is 97.3 Å². The van der Waals surface area contributed by atoms with E-state index in [1.165, 1.54) is 0 Å². The Balaban J connectivity index is 0.000000270. The molecule has 185 valence electrons. The number of benzene rings is 3. The first-order valence-electron chi connectivity index (χ1n) is 11.3.